The van der Waals surface area contributed by atoms with Gasteiger partial charge in [-0.05, 0) is 24.9 Å². The second kappa shape index (κ2) is 5.22. The highest BCUT2D eigenvalue weighted by atomic mass is 16.8. The van der Waals surface area contributed by atoms with Gasteiger partial charge in [0.2, 0.25) is 0 Å². The maximum Gasteiger partial charge on any atom is 0.190 e. The summed E-state index contributed by atoms with van der Waals surface area (Å²) in [5.41, 5.74) is 16.9. The van der Waals surface area contributed by atoms with Crippen LogP contribution in [0.15, 0.2) is 10.2 Å². The number of hydrogen-bond acceptors (Lipinski definition) is 6. The monoisotopic (exact) mass is 270 g/mol. The van der Waals surface area contributed by atoms with Crippen LogP contribution in [0, 0.1) is 0 Å². The fourth-order valence-corrected chi connectivity index (χ4v) is 2.23. The van der Waals surface area contributed by atoms with Gasteiger partial charge in [0, 0.05) is 9.82 Å². The third kappa shape index (κ3) is 2.74. The third-order valence-corrected chi connectivity index (χ3v) is 2.97. The molecule has 0 radical (unpaired) electrons. The van der Waals surface area contributed by atoms with Crippen LogP contribution in [0.4, 0.5) is 0 Å². The Balaban J connectivity index is 2.22. The van der Waals surface area contributed by atoms with Crippen LogP contribution >= 0.6 is 0 Å². The van der Waals surface area contributed by atoms with Crippen LogP contribution < -0.4 is 0 Å². The molecule has 0 saturated carbocycles. The minimum absolute atomic E-state index is 0.0652. The van der Waals surface area contributed by atoms with E-state index in [0.29, 0.717) is 0 Å². The largest absolute Gasteiger partial charge is 0.390 e. The van der Waals surface area contributed by atoms with Crippen molar-refractivity contribution in [3.8, 4) is 0 Å². The minimum Gasteiger partial charge on any atom is -0.390 e. The van der Waals surface area contributed by atoms with E-state index in [4.69, 9.17) is 25.3 Å². The van der Waals surface area contributed by atoms with Crippen LogP contribution in [-0.2, 0) is 14.2 Å². The molecule has 0 aliphatic carbocycles. The van der Waals surface area contributed by atoms with Gasteiger partial charge in [-0.3, -0.25) is 0 Å². The smallest absolute Gasteiger partial charge is 0.190 e. The average Bonchev–Trinajstić information content (AvgIpc) is 2.66. The first kappa shape index (κ1) is 13.9. The molecular formula is C9H14N6O4. The summed E-state index contributed by atoms with van der Waals surface area (Å²) < 4.78 is 16.5. The molecule has 0 spiro atoms. The molecule has 1 N–H and O–H groups in total. The van der Waals surface area contributed by atoms with Crippen molar-refractivity contribution in [3.63, 3.8) is 0 Å². The topological polar surface area (TPSA) is 145 Å². The SMILES string of the molecule is CC1(C)O[C@@H]2OC(CN=[N+]=[N-])C(N=[N+]=[N-])C(O)[C@@H]2O1. The molecule has 2 heterocycles. The predicted octanol–water partition coefficient (Wildman–Crippen LogP) is 1.21. The van der Waals surface area contributed by atoms with Gasteiger partial charge >= 0.3 is 0 Å². The number of ether oxygens (including phenoxy) is 3. The molecule has 0 bridgehead atoms. The molecule has 0 aromatic heterocycles. The highest BCUT2D eigenvalue weighted by Crippen LogP contribution is 2.37. The van der Waals surface area contributed by atoms with Crippen LogP contribution in [0.25, 0.3) is 20.9 Å². The van der Waals surface area contributed by atoms with Crippen molar-refractivity contribution < 1.29 is 19.3 Å². The predicted molar refractivity (Wildman–Crippen MR) is 61.7 cm³/mol. The average molecular weight is 270 g/mol. The van der Waals surface area contributed by atoms with Crippen molar-refractivity contribution in [2.75, 3.05) is 6.54 Å². The first-order chi connectivity index (χ1) is 8.98. The summed E-state index contributed by atoms with van der Waals surface area (Å²) in [6, 6.07) is -0.894. The van der Waals surface area contributed by atoms with E-state index in [0.717, 1.165) is 0 Å². The summed E-state index contributed by atoms with van der Waals surface area (Å²) in [4.78, 5) is 5.29. The van der Waals surface area contributed by atoms with Crippen molar-refractivity contribution >= 4 is 0 Å². The van der Waals surface area contributed by atoms with Gasteiger partial charge in [0.25, 0.3) is 0 Å². The lowest BCUT2D eigenvalue weighted by Crippen LogP contribution is -2.56. The number of nitrogens with zero attached hydrogens (tertiary/aromatic N) is 6. The first-order valence-electron chi connectivity index (χ1n) is 5.73. The van der Waals surface area contributed by atoms with Gasteiger partial charge < -0.3 is 19.3 Å². The minimum atomic E-state index is -1.09. The number of aliphatic hydroxyl groups excluding tert-OH is 1. The lowest BCUT2D eigenvalue weighted by molar-refractivity contribution is -0.221. The van der Waals surface area contributed by atoms with E-state index >= 15 is 0 Å². The van der Waals surface area contributed by atoms with Gasteiger partial charge in [-0.25, -0.2) is 0 Å². The summed E-state index contributed by atoms with van der Waals surface area (Å²) in [6.07, 6.45) is -3.36. The zero-order chi connectivity index (χ0) is 14.0. The second-order valence-corrected chi connectivity index (χ2v) is 4.74. The molecule has 2 fully saturated rings. The summed E-state index contributed by atoms with van der Waals surface area (Å²) in [7, 11) is 0. The quantitative estimate of drug-likeness (QED) is 0.466. The highest BCUT2D eigenvalue weighted by molar-refractivity contribution is 4.98. The molecular weight excluding hydrogens is 256 g/mol. The Bertz CT molecular complexity index is 444. The molecule has 3 unspecified atom stereocenters. The molecule has 10 heteroatoms. The van der Waals surface area contributed by atoms with Crippen LogP contribution in [-0.4, -0.2) is 48.1 Å². The van der Waals surface area contributed by atoms with Gasteiger partial charge in [-0.15, -0.1) is 0 Å². The Morgan fingerprint density at radius 2 is 2.00 bits per heavy atom. The van der Waals surface area contributed by atoms with Crippen molar-refractivity contribution in [1.82, 2.24) is 0 Å². The second-order valence-electron chi connectivity index (χ2n) is 4.74. The van der Waals surface area contributed by atoms with E-state index < -0.39 is 36.4 Å². The Morgan fingerprint density at radius 1 is 1.26 bits per heavy atom. The molecule has 2 aliphatic rings. The van der Waals surface area contributed by atoms with Gasteiger partial charge in [-0.1, -0.05) is 10.2 Å². The molecule has 2 saturated heterocycles. The molecule has 0 aromatic carbocycles. The molecule has 0 amide bonds. The number of azide groups is 2. The maximum atomic E-state index is 10.2. The molecule has 19 heavy (non-hydrogen) atoms. The van der Waals surface area contributed by atoms with E-state index in [-0.39, 0.29) is 6.54 Å². The van der Waals surface area contributed by atoms with Gasteiger partial charge in [-0.2, -0.15) is 0 Å². The van der Waals surface area contributed by atoms with E-state index in [1.54, 1.807) is 13.8 Å². The van der Waals surface area contributed by atoms with Crippen molar-refractivity contribution in [2.24, 2.45) is 10.2 Å². The first-order valence-corrected chi connectivity index (χ1v) is 5.73. The molecule has 2 aliphatic heterocycles. The summed E-state index contributed by atoms with van der Waals surface area (Å²) in [6.45, 7) is 3.31. The Labute approximate surface area is 108 Å². The van der Waals surface area contributed by atoms with E-state index in [2.05, 4.69) is 20.1 Å². The molecule has 104 valence electrons. The number of rotatable bonds is 3. The van der Waals surface area contributed by atoms with Crippen molar-refractivity contribution in [1.29, 1.82) is 0 Å². The lowest BCUT2D eigenvalue weighted by Gasteiger charge is -2.37. The molecule has 2 rings (SSSR count). The maximum absolute atomic E-state index is 10.2. The number of fused-ring (bicyclic) bond motifs is 1. The van der Waals surface area contributed by atoms with Crippen LogP contribution in [0.5, 0.6) is 0 Å². The van der Waals surface area contributed by atoms with E-state index in [1.807, 2.05) is 0 Å². The normalized spacial score (nSPS) is 39.8. The lowest BCUT2D eigenvalue weighted by atomic mass is 9.97. The number of hydrogen-bond donors (Lipinski definition) is 1. The summed E-state index contributed by atoms with van der Waals surface area (Å²) >= 11 is 0. The van der Waals surface area contributed by atoms with Crippen molar-refractivity contribution in [3.05, 3.63) is 20.9 Å². The third-order valence-electron chi connectivity index (χ3n) is 2.97. The molecule has 0 aromatic rings. The van der Waals surface area contributed by atoms with E-state index in [9.17, 15) is 5.11 Å². The zero-order valence-electron chi connectivity index (χ0n) is 10.4. The van der Waals surface area contributed by atoms with Gasteiger partial charge in [0.05, 0.1) is 24.8 Å². The molecule has 10 nitrogen and oxygen atoms in total. The van der Waals surface area contributed by atoms with Gasteiger partial charge in [0.15, 0.2) is 12.1 Å². The fourth-order valence-electron chi connectivity index (χ4n) is 2.23. The van der Waals surface area contributed by atoms with Crippen LogP contribution in [0.3, 0.4) is 0 Å². The number of aliphatic hydroxyl groups is 1. The molecule has 5 atom stereocenters. The zero-order valence-corrected chi connectivity index (χ0v) is 10.4. The van der Waals surface area contributed by atoms with E-state index in [1.165, 1.54) is 0 Å². The van der Waals surface area contributed by atoms with Crippen LogP contribution in [0.1, 0.15) is 13.8 Å². The fraction of sp³-hybridized carbons (Fsp3) is 1.00. The standard InChI is InChI=1S/C9H14N6O4/c1-9(2)18-7-6(16)5(13-15-11)4(3-12-14-10)17-8(7)19-9/h4-8,16H,3H2,1-2H3/t4?,5?,6?,7-,8-/m0/s1. The Hall–Kier alpha value is -1.54. The van der Waals surface area contributed by atoms with Crippen molar-refractivity contribution in [2.45, 2.75) is 50.3 Å². The summed E-state index contributed by atoms with van der Waals surface area (Å²) in [5, 5.41) is 17.1. The highest BCUT2D eigenvalue weighted by Gasteiger charge is 2.53. The van der Waals surface area contributed by atoms with Crippen LogP contribution in [0.2, 0.25) is 0 Å². The van der Waals surface area contributed by atoms with Gasteiger partial charge in [0.1, 0.15) is 6.10 Å². The summed E-state index contributed by atoms with van der Waals surface area (Å²) in [5.74, 6) is -0.898. The Kier molecular flexibility index (Phi) is 3.81. The Morgan fingerprint density at radius 3 is 2.63 bits per heavy atom.